The third-order valence-electron chi connectivity index (χ3n) is 1.87. The molecular formula is C9H9BrN4O. The molecule has 0 spiro atoms. The first kappa shape index (κ1) is 10.3. The van der Waals surface area contributed by atoms with Crippen LogP contribution in [0.5, 0.6) is 0 Å². The van der Waals surface area contributed by atoms with E-state index in [9.17, 15) is 0 Å². The molecule has 1 aromatic carbocycles. The number of hydrogen-bond acceptors (Lipinski definition) is 4. The minimum absolute atomic E-state index is 0.254. The Kier molecular flexibility index (Phi) is 3.10. The molecule has 0 bridgehead atoms. The molecule has 2 aromatic rings. The second kappa shape index (κ2) is 4.52. The van der Waals surface area contributed by atoms with Crippen LogP contribution in [0.4, 0.5) is 0 Å². The van der Waals surface area contributed by atoms with Crippen molar-refractivity contribution in [2.24, 2.45) is 5.90 Å². The van der Waals surface area contributed by atoms with Crippen molar-refractivity contribution in [3.63, 3.8) is 0 Å². The zero-order valence-electron chi connectivity index (χ0n) is 7.80. The van der Waals surface area contributed by atoms with Gasteiger partial charge >= 0.3 is 0 Å². The summed E-state index contributed by atoms with van der Waals surface area (Å²) in [5.41, 5.74) is 1.61. The zero-order valence-corrected chi connectivity index (χ0v) is 9.39. The Hall–Kier alpha value is -1.24. The molecule has 5 nitrogen and oxygen atoms in total. The van der Waals surface area contributed by atoms with E-state index in [1.807, 2.05) is 24.3 Å². The van der Waals surface area contributed by atoms with Gasteiger partial charge in [0, 0.05) is 4.47 Å². The summed E-state index contributed by atoms with van der Waals surface area (Å²) in [6, 6.07) is 7.75. The molecule has 1 heterocycles. The average molecular weight is 269 g/mol. The number of para-hydroxylation sites is 1. The lowest BCUT2D eigenvalue weighted by molar-refractivity contribution is 0.121. The third kappa shape index (κ3) is 2.23. The molecule has 0 fully saturated rings. The number of nitrogens with two attached hydrogens (primary N) is 1. The molecule has 0 saturated carbocycles. The number of aromatic nitrogens is 3. The molecule has 0 atom stereocenters. The van der Waals surface area contributed by atoms with E-state index in [-0.39, 0.29) is 6.61 Å². The molecule has 0 aliphatic heterocycles. The molecule has 0 unspecified atom stereocenters. The van der Waals surface area contributed by atoms with Crippen molar-refractivity contribution in [3.8, 4) is 5.69 Å². The standard InChI is InChI=1S/C9H9BrN4O/c10-8-3-1-2-4-9(8)14-5-7(6-15-11)12-13-14/h1-5H,6,11H2. The Balaban J connectivity index is 2.33. The molecular weight excluding hydrogens is 260 g/mol. The predicted molar refractivity (Wildman–Crippen MR) is 58.0 cm³/mol. The SMILES string of the molecule is NOCc1cn(-c2ccccc2Br)nn1. The number of rotatable bonds is 3. The van der Waals surface area contributed by atoms with E-state index in [4.69, 9.17) is 5.90 Å². The highest BCUT2D eigenvalue weighted by atomic mass is 79.9. The summed E-state index contributed by atoms with van der Waals surface area (Å²) in [6.45, 7) is 0.254. The lowest BCUT2D eigenvalue weighted by Gasteiger charge is -2.01. The highest BCUT2D eigenvalue weighted by Gasteiger charge is 2.04. The number of halogens is 1. The van der Waals surface area contributed by atoms with Crippen LogP contribution in [0.25, 0.3) is 5.69 Å². The summed E-state index contributed by atoms with van der Waals surface area (Å²) in [7, 11) is 0. The van der Waals surface area contributed by atoms with Gasteiger partial charge in [0.2, 0.25) is 0 Å². The van der Waals surface area contributed by atoms with Crippen molar-refractivity contribution >= 4 is 15.9 Å². The lowest BCUT2D eigenvalue weighted by Crippen LogP contribution is -1.98. The number of hydrogen-bond donors (Lipinski definition) is 1. The van der Waals surface area contributed by atoms with Crippen LogP contribution in [0.15, 0.2) is 34.9 Å². The Morgan fingerprint density at radius 2 is 2.20 bits per heavy atom. The lowest BCUT2D eigenvalue weighted by atomic mass is 10.3. The van der Waals surface area contributed by atoms with Gasteiger partial charge in [-0.3, -0.25) is 4.84 Å². The van der Waals surface area contributed by atoms with Crippen LogP contribution in [0.3, 0.4) is 0 Å². The minimum atomic E-state index is 0.254. The van der Waals surface area contributed by atoms with Crippen molar-refractivity contribution in [1.29, 1.82) is 0 Å². The maximum absolute atomic E-state index is 4.95. The predicted octanol–water partition coefficient (Wildman–Crippen LogP) is 1.42. The molecule has 0 amide bonds. The highest BCUT2D eigenvalue weighted by molar-refractivity contribution is 9.10. The van der Waals surface area contributed by atoms with Gasteiger partial charge in [-0.15, -0.1) is 5.10 Å². The van der Waals surface area contributed by atoms with E-state index in [2.05, 4.69) is 31.1 Å². The summed E-state index contributed by atoms with van der Waals surface area (Å²) in [4.78, 5) is 4.48. The van der Waals surface area contributed by atoms with Crippen LogP contribution in [-0.4, -0.2) is 15.0 Å². The maximum atomic E-state index is 4.95. The summed E-state index contributed by atoms with van der Waals surface area (Å²) in [6.07, 6.45) is 1.77. The topological polar surface area (TPSA) is 66.0 Å². The molecule has 15 heavy (non-hydrogen) atoms. The summed E-state index contributed by atoms with van der Waals surface area (Å²) in [5.74, 6) is 4.95. The van der Waals surface area contributed by atoms with E-state index < -0.39 is 0 Å². The smallest absolute Gasteiger partial charge is 0.113 e. The third-order valence-corrected chi connectivity index (χ3v) is 2.54. The monoisotopic (exact) mass is 268 g/mol. The Bertz CT molecular complexity index is 457. The fourth-order valence-corrected chi connectivity index (χ4v) is 1.67. The van der Waals surface area contributed by atoms with Gasteiger partial charge in [-0.05, 0) is 28.1 Å². The Morgan fingerprint density at radius 3 is 2.93 bits per heavy atom. The summed E-state index contributed by atoms with van der Waals surface area (Å²) < 4.78 is 2.62. The molecule has 2 N–H and O–H groups in total. The Morgan fingerprint density at radius 1 is 1.40 bits per heavy atom. The van der Waals surface area contributed by atoms with Crippen molar-refractivity contribution < 1.29 is 4.84 Å². The first-order chi connectivity index (χ1) is 7.31. The van der Waals surface area contributed by atoms with Crippen molar-refractivity contribution in [2.75, 3.05) is 0 Å². The average Bonchev–Trinajstić information content (AvgIpc) is 2.68. The number of benzene rings is 1. The molecule has 78 valence electrons. The van der Waals surface area contributed by atoms with E-state index in [1.54, 1.807) is 10.9 Å². The first-order valence-corrected chi connectivity index (χ1v) is 5.08. The second-order valence-electron chi connectivity index (χ2n) is 2.92. The molecule has 1 aromatic heterocycles. The second-order valence-corrected chi connectivity index (χ2v) is 3.77. The quantitative estimate of drug-likeness (QED) is 0.856. The normalized spacial score (nSPS) is 10.5. The van der Waals surface area contributed by atoms with Gasteiger partial charge in [-0.25, -0.2) is 10.6 Å². The summed E-state index contributed by atoms with van der Waals surface area (Å²) >= 11 is 3.44. The molecule has 0 aliphatic carbocycles. The van der Waals surface area contributed by atoms with E-state index in [0.29, 0.717) is 5.69 Å². The maximum Gasteiger partial charge on any atom is 0.113 e. The Labute approximate surface area is 94.9 Å². The van der Waals surface area contributed by atoms with Gasteiger partial charge in [0.1, 0.15) is 12.3 Å². The minimum Gasteiger partial charge on any atom is -0.298 e. The summed E-state index contributed by atoms with van der Waals surface area (Å²) in [5, 5.41) is 7.88. The van der Waals surface area contributed by atoms with E-state index in [1.165, 1.54) is 0 Å². The fraction of sp³-hybridized carbons (Fsp3) is 0.111. The van der Waals surface area contributed by atoms with Gasteiger partial charge in [0.25, 0.3) is 0 Å². The van der Waals surface area contributed by atoms with Gasteiger partial charge in [0.15, 0.2) is 0 Å². The van der Waals surface area contributed by atoms with Crippen LogP contribution < -0.4 is 5.90 Å². The largest absolute Gasteiger partial charge is 0.298 e. The first-order valence-electron chi connectivity index (χ1n) is 4.29. The van der Waals surface area contributed by atoms with Gasteiger partial charge in [-0.2, -0.15) is 0 Å². The molecule has 2 rings (SSSR count). The zero-order chi connectivity index (χ0) is 10.7. The number of nitrogens with zero attached hydrogens (tertiary/aromatic N) is 3. The molecule has 0 aliphatic rings. The van der Waals surface area contributed by atoms with E-state index >= 15 is 0 Å². The van der Waals surface area contributed by atoms with Crippen LogP contribution in [-0.2, 0) is 11.4 Å². The van der Waals surface area contributed by atoms with Crippen molar-refractivity contribution in [3.05, 3.63) is 40.6 Å². The van der Waals surface area contributed by atoms with E-state index in [0.717, 1.165) is 10.2 Å². The molecule has 0 radical (unpaired) electrons. The van der Waals surface area contributed by atoms with Crippen molar-refractivity contribution in [2.45, 2.75) is 6.61 Å². The van der Waals surface area contributed by atoms with Gasteiger partial charge in [0.05, 0.1) is 11.9 Å². The molecule has 6 heteroatoms. The highest BCUT2D eigenvalue weighted by Crippen LogP contribution is 2.19. The van der Waals surface area contributed by atoms with Gasteiger partial charge < -0.3 is 0 Å². The van der Waals surface area contributed by atoms with Crippen molar-refractivity contribution in [1.82, 2.24) is 15.0 Å². The fourth-order valence-electron chi connectivity index (χ4n) is 1.21. The van der Waals surface area contributed by atoms with Gasteiger partial charge in [-0.1, -0.05) is 17.3 Å². The van der Waals surface area contributed by atoms with Crippen LogP contribution >= 0.6 is 15.9 Å². The van der Waals surface area contributed by atoms with Crippen LogP contribution in [0.2, 0.25) is 0 Å². The van der Waals surface area contributed by atoms with Crippen LogP contribution in [0, 0.1) is 0 Å². The van der Waals surface area contributed by atoms with Crippen LogP contribution in [0.1, 0.15) is 5.69 Å². The molecule has 0 saturated heterocycles.